The summed E-state index contributed by atoms with van der Waals surface area (Å²) in [6.45, 7) is 3.56. The number of hydrogen-bond donors (Lipinski definition) is 1. The SMILES string of the molecule is C=CCN(C(=O)COC(=O)c1ccc(N)cc1)c1nc(-c2ccccc2)cs1. The molecule has 0 saturated heterocycles. The zero-order valence-electron chi connectivity index (χ0n) is 15.1. The summed E-state index contributed by atoms with van der Waals surface area (Å²) >= 11 is 1.34. The zero-order chi connectivity index (χ0) is 19.9. The first kappa shape index (κ1) is 19.3. The van der Waals surface area contributed by atoms with Crippen LogP contribution < -0.4 is 10.6 Å². The van der Waals surface area contributed by atoms with Crippen LogP contribution in [0.1, 0.15) is 10.4 Å². The van der Waals surface area contributed by atoms with E-state index in [1.165, 1.54) is 16.2 Å². The van der Waals surface area contributed by atoms with Crippen molar-refractivity contribution in [1.29, 1.82) is 0 Å². The first-order chi connectivity index (χ1) is 13.6. The van der Waals surface area contributed by atoms with Gasteiger partial charge in [-0.1, -0.05) is 36.4 Å². The molecule has 0 spiro atoms. The van der Waals surface area contributed by atoms with E-state index in [4.69, 9.17) is 10.5 Å². The Labute approximate surface area is 166 Å². The van der Waals surface area contributed by atoms with E-state index >= 15 is 0 Å². The molecule has 0 unspecified atom stereocenters. The minimum Gasteiger partial charge on any atom is -0.452 e. The quantitative estimate of drug-likeness (QED) is 0.375. The van der Waals surface area contributed by atoms with Gasteiger partial charge in [0.05, 0.1) is 11.3 Å². The van der Waals surface area contributed by atoms with Crippen molar-refractivity contribution in [3.63, 3.8) is 0 Å². The van der Waals surface area contributed by atoms with Gasteiger partial charge in [-0.25, -0.2) is 9.78 Å². The van der Waals surface area contributed by atoms with Crippen molar-refractivity contribution >= 4 is 34.0 Å². The van der Waals surface area contributed by atoms with Crippen molar-refractivity contribution < 1.29 is 14.3 Å². The number of amides is 1. The van der Waals surface area contributed by atoms with Gasteiger partial charge in [0.1, 0.15) is 0 Å². The molecule has 0 atom stereocenters. The maximum Gasteiger partial charge on any atom is 0.338 e. The number of benzene rings is 2. The first-order valence-electron chi connectivity index (χ1n) is 8.53. The lowest BCUT2D eigenvalue weighted by Gasteiger charge is -2.17. The van der Waals surface area contributed by atoms with Gasteiger partial charge in [-0.2, -0.15) is 0 Å². The fourth-order valence-corrected chi connectivity index (χ4v) is 3.31. The molecule has 0 radical (unpaired) electrons. The Morgan fingerprint density at radius 1 is 1.14 bits per heavy atom. The molecule has 1 amide bonds. The van der Waals surface area contributed by atoms with Crippen LogP contribution in [0.25, 0.3) is 11.3 Å². The van der Waals surface area contributed by atoms with Crippen LogP contribution >= 0.6 is 11.3 Å². The average Bonchev–Trinajstić information content (AvgIpc) is 3.21. The molecular formula is C21H19N3O3S. The van der Waals surface area contributed by atoms with E-state index in [2.05, 4.69) is 11.6 Å². The largest absolute Gasteiger partial charge is 0.452 e. The number of hydrogen-bond acceptors (Lipinski definition) is 6. The predicted octanol–water partition coefficient (Wildman–Crippen LogP) is 3.77. The molecule has 7 heteroatoms. The molecule has 2 aromatic carbocycles. The Morgan fingerprint density at radius 3 is 2.54 bits per heavy atom. The van der Waals surface area contributed by atoms with Crippen molar-refractivity contribution in [2.75, 3.05) is 23.8 Å². The van der Waals surface area contributed by atoms with Crippen molar-refractivity contribution in [2.45, 2.75) is 0 Å². The Balaban J connectivity index is 1.69. The first-order valence-corrected chi connectivity index (χ1v) is 9.41. The Morgan fingerprint density at radius 2 is 1.86 bits per heavy atom. The summed E-state index contributed by atoms with van der Waals surface area (Å²) in [5, 5.41) is 2.40. The lowest BCUT2D eigenvalue weighted by Crippen LogP contribution is -2.34. The van der Waals surface area contributed by atoms with E-state index in [1.54, 1.807) is 30.3 Å². The molecular weight excluding hydrogens is 374 g/mol. The third kappa shape index (κ3) is 4.63. The van der Waals surface area contributed by atoms with Crippen LogP contribution in [0.15, 0.2) is 72.6 Å². The Hall–Kier alpha value is -3.45. The second-order valence-electron chi connectivity index (χ2n) is 5.87. The van der Waals surface area contributed by atoms with Gasteiger partial charge in [0.2, 0.25) is 0 Å². The third-order valence-electron chi connectivity index (χ3n) is 3.88. The molecule has 1 heterocycles. The minimum atomic E-state index is -0.587. The van der Waals surface area contributed by atoms with Gasteiger partial charge in [0, 0.05) is 23.2 Å². The fourth-order valence-electron chi connectivity index (χ4n) is 2.45. The number of anilines is 2. The number of carbonyl (C=O) groups is 2. The number of nitrogens with zero attached hydrogens (tertiary/aromatic N) is 2. The number of ether oxygens (including phenoxy) is 1. The number of thiazole rings is 1. The maximum absolute atomic E-state index is 12.6. The Kier molecular flexibility index (Phi) is 6.18. The molecule has 0 aliphatic carbocycles. The number of nitrogen functional groups attached to an aromatic ring is 1. The van der Waals surface area contributed by atoms with Gasteiger partial charge in [0.25, 0.3) is 5.91 Å². The van der Waals surface area contributed by atoms with Crippen molar-refractivity contribution in [1.82, 2.24) is 4.98 Å². The van der Waals surface area contributed by atoms with E-state index < -0.39 is 12.6 Å². The van der Waals surface area contributed by atoms with Crippen molar-refractivity contribution in [2.24, 2.45) is 0 Å². The highest BCUT2D eigenvalue weighted by atomic mass is 32.1. The minimum absolute atomic E-state index is 0.264. The molecule has 0 bridgehead atoms. The number of esters is 1. The van der Waals surface area contributed by atoms with Crippen molar-refractivity contribution in [3.8, 4) is 11.3 Å². The molecule has 0 saturated carbocycles. The molecule has 0 aliphatic heterocycles. The average molecular weight is 393 g/mol. The number of aromatic nitrogens is 1. The highest BCUT2D eigenvalue weighted by molar-refractivity contribution is 7.14. The van der Waals surface area contributed by atoms with Crippen LogP contribution in [-0.2, 0) is 9.53 Å². The number of carbonyl (C=O) groups excluding carboxylic acids is 2. The Bertz CT molecular complexity index is 968. The fraction of sp³-hybridized carbons (Fsp3) is 0.0952. The van der Waals surface area contributed by atoms with Gasteiger partial charge >= 0.3 is 5.97 Å². The van der Waals surface area contributed by atoms with Crippen LogP contribution in [-0.4, -0.2) is 30.0 Å². The summed E-state index contributed by atoms with van der Waals surface area (Å²) < 4.78 is 5.14. The number of rotatable bonds is 7. The van der Waals surface area contributed by atoms with Gasteiger partial charge in [-0.3, -0.25) is 9.69 Å². The molecule has 3 rings (SSSR count). The molecule has 142 valence electrons. The molecule has 0 fully saturated rings. The van der Waals surface area contributed by atoms with E-state index in [0.29, 0.717) is 16.4 Å². The summed E-state index contributed by atoms with van der Waals surface area (Å²) in [7, 11) is 0. The topological polar surface area (TPSA) is 85.5 Å². The van der Waals surface area contributed by atoms with E-state index in [-0.39, 0.29) is 12.5 Å². The lowest BCUT2D eigenvalue weighted by molar-refractivity contribution is -0.121. The molecule has 1 aromatic heterocycles. The van der Waals surface area contributed by atoms with E-state index in [1.807, 2.05) is 35.7 Å². The zero-order valence-corrected chi connectivity index (χ0v) is 15.9. The van der Waals surface area contributed by atoms with E-state index in [0.717, 1.165) is 11.3 Å². The normalized spacial score (nSPS) is 10.3. The predicted molar refractivity (Wildman–Crippen MR) is 111 cm³/mol. The monoisotopic (exact) mass is 393 g/mol. The lowest BCUT2D eigenvalue weighted by atomic mass is 10.2. The second kappa shape index (κ2) is 8.96. The number of nitrogens with two attached hydrogens (primary N) is 1. The van der Waals surface area contributed by atoms with Crippen LogP contribution in [0.5, 0.6) is 0 Å². The smallest absolute Gasteiger partial charge is 0.338 e. The van der Waals surface area contributed by atoms with Crippen LogP contribution in [0.3, 0.4) is 0 Å². The van der Waals surface area contributed by atoms with Crippen molar-refractivity contribution in [3.05, 3.63) is 78.2 Å². The molecule has 0 aliphatic rings. The van der Waals surface area contributed by atoms with E-state index in [9.17, 15) is 9.59 Å². The maximum atomic E-state index is 12.6. The summed E-state index contributed by atoms with van der Waals surface area (Å²) in [6, 6.07) is 16.0. The van der Waals surface area contributed by atoms with Gasteiger partial charge in [-0.15, -0.1) is 17.9 Å². The summed E-state index contributed by atoms with van der Waals surface area (Å²) in [5.41, 5.74) is 8.22. The summed E-state index contributed by atoms with van der Waals surface area (Å²) in [5.74, 6) is -0.964. The summed E-state index contributed by atoms with van der Waals surface area (Å²) in [4.78, 5) is 30.7. The molecule has 6 nitrogen and oxygen atoms in total. The van der Waals surface area contributed by atoms with Gasteiger partial charge in [-0.05, 0) is 24.3 Å². The molecule has 3 aromatic rings. The van der Waals surface area contributed by atoms with Crippen LogP contribution in [0, 0.1) is 0 Å². The molecule has 28 heavy (non-hydrogen) atoms. The highest BCUT2D eigenvalue weighted by Gasteiger charge is 2.20. The van der Waals surface area contributed by atoms with Gasteiger partial charge in [0.15, 0.2) is 11.7 Å². The van der Waals surface area contributed by atoms with Crippen LogP contribution in [0.2, 0.25) is 0 Å². The second-order valence-corrected chi connectivity index (χ2v) is 6.71. The summed E-state index contributed by atoms with van der Waals surface area (Å²) in [6.07, 6.45) is 1.60. The standard InChI is InChI=1S/C21H19N3O3S/c1-2-12-24(21-23-18(14-28-21)15-6-4-3-5-7-15)19(25)13-27-20(26)16-8-10-17(22)11-9-16/h2-11,14H,1,12-13,22H2. The van der Waals surface area contributed by atoms with Gasteiger partial charge < -0.3 is 10.5 Å². The third-order valence-corrected chi connectivity index (χ3v) is 4.74. The highest BCUT2D eigenvalue weighted by Crippen LogP contribution is 2.27. The van der Waals surface area contributed by atoms with Crippen LogP contribution in [0.4, 0.5) is 10.8 Å². The molecule has 2 N–H and O–H groups in total.